The molecule has 27 heavy (non-hydrogen) atoms. The molecule has 0 aliphatic heterocycles. The number of rotatable bonds is 19. The van der Waals surface area contributed by atoms with Crippen LogP contribution in [0.4, 0.5) is 0 Å². The molecule has 0 spiro atoms. The average Bonchev–Trinajstić information content (AvgIpc) is 2.67. The summed E-state index contributed by atoms with van der Waals surface area (Å²) in [6.07, 6.45) is 19.6. The summed E-state index contributed by atoms with van der Waals surface area (Å²) in [5, 5.41) is 2.13. The van der Waals surface area contributed by atoms with Crippen molar-refractivity contribution in [2.24, 2.45) is 0 Å². The fraction of sp³-hybridized carbons (Fsp3) is 0.857. The summed E-state index contributed by atoms with van der Waals surface area (Å²) < 4.78 is 0. The quantitative estimate of drug-likeness (QED) is 0.146. The molecule has 0 heterocycles. The predicted octanol–water partition coefficient (Wildman–Crippen LogP) is 5.00. The van der Waals surface area contributed by atoms with E-state index in [0.29, 0.717) is 6.41 Å². The molecular formula is C21H39NO5. The smallest absolute Gasteiger partial charge is 0.348 e. The summed E-state index contributed by atoms with van der Waals surface area (Å²) in [6, 6.07) is 0. The normalized spacial score (nSPS) is 10.4. The number of carbonyl (C=O) groups is 3. The summed E-state index contributed by atoms with van der Waals surface area (Å²) in [6.45, 7) is 1.95. The van der Waals surface area contributed by atoms with Gasteiger partial charge in [0.2, 0.25) is 6.41 Å². The largest absolute Gasteiger partial charge is 0.374 e. The predicted molar refractivity (Wildman–Crippen MR) is 106 cm³/mol. The molecule has 6 heteroatoms. The summed E-state index contributed by atoms with van der Waals surface area (Å²) in [5.41, 5.74) is 0. The second-order valence-corrected chi connectivity index (χ2v) is 7.11. The average molecular weight is 386 g/mol. The van der Waals surface area contributed by atoms with E-state index < -0.39 is 11.9 Å². The van der Waals surface area contributed by atoms with Crippen LogP contribution in [0.2, 0.25) is 0 Å². The van der Waals surface area contributed by atoms with Crippen molar-refractivity contribution in [3.8, 4) is 0 Å². The molecule has 158 valence electrons. The van der Waals surface area contributed by atoms with E-state index in [2.05, 4.69) is 22.0 Å². The van der Waals surface area contributed by atoms with Crippen LogP contribution in [-0.2, 0) is 24.2 Å². The molecule has 0 rings (SSSR count). The maximum atomic E-state index is 11.4. The molecule has 0 aliphatic rings. The molecule has 0 bridgehead atoms. The SMILES string of the molecule is CCCCCCCCCCCCCCCCCC(=O)OOC(=O)CNC=O. The molecule has 1 N–H and O–H groups in total. The summed E-state index contributed by atoms with van der Waals surface area (Å²) in [5.74, 6) is -1.35. The van der Waals surface area contributed by atoms with Crippen LogP contribution in [0.25, 0.3) is 0 Å². The molecule has 0 saturated carbocycles. The van der Waals surface area contributed by atoms with E-state index in [1.54, 1.807) is 0 Å². The first-order valence-electron chi connectivity index (χ1n) is 10.8. The third-order valence-electron chi connectivity index (χ3n) is 4.54. The molecular weight excluding hydrogens is 346 g/mol. The standard InChI is InChI=1S/C21H39NO5/c1-2-3-4-5-6-7-8-9-10-11-12-13-14-15-16-17-20(24)26-27-21(25)18-22-19-23/h19H,2-18H2,1H3,(H,22,23). The summed E-state index contributed by atoms with van der Waals surface area (Å²) in [4.78, 5) is 41.0. The van der Waals surface area contributed by atoms with Gasteiger partial charge in [-0.3, -0.25) is 4.79 Å². The van der Waals surface area contributed by atoms with Crippen molar-refractivity contribution < 1.29 is 24.2 Å². The van der Waals surface area contributed by atoms with E-state index in [4.69, 9.17) is 0 Å². The Kier molecular flexibility index (Phi) is 19.5. The van der Waals surface area contributed by atoms with Crippen LogP contribution in [0, 0.1) is 0 Å². The molecule has 0 radical (unpaired) electrons. The van der Waals surface area contributed by atoms with E-state index in [-0.39, 0.29) is 13.0 Å². The van der Waals surface area contributed by atoms with Crippen molar-refractivity contribution in [3.63, 3.8) is 0 Å². The Bertz CT molecular complexity index is 374. The molecule has 0 fully saturated rings. The Morgan fingerprint density at radius 2 is 1.07 bits per heavy atom. The zero-order chi connectivity index (χ0) is 20.0. The third kappa shape index (κ3) is 20.6. The van der Waals surface area contributed by atoms with Crippen LogP contribution in [0.5, 0.6) is 0 Å². The van der Waals surface area contributed by atoms with Gasteiger partial charge in [-0.25, -0.2) is 19.4 Å². The van der Waals surface area contributed by atoms with Crippen molar-refractivity contribution in [1.82, 2.24) is 5.32 Å². The highest BCUT2D eigenvalue weighted by Gasteiger charge is 2.08. The lowest BCUT2D eigenvalue weighted by Gasteiger charge is -2.04. The minimum atomic E-state index is -0.799. The third-order valence-corrected chi connectivity index (χ3v) is 4.54. The minimum absolute atomic E-state index is 0.243. The fourth-order valence-corrected chi connectivity index (χ4v) is 2.93. The number of amides is 1. The maximum Gasteiger partial charge on any atom is 0.374 e. The highest BCUT2D eigenvalue weighted by Crippen LogP contribution is 2.13. The first kappa shape index (κ1) is 25.4. The number of hydrogen-bond acceptors (Lipinski definition) is 5. The zero-order valence-corrected chi connectivity index (χ0v) is 17.1. The Balaban J connectivity index is 3.21. The Morgan fingerprint density at radius 1 is 0.667 bits per heavy atom. The van der Waals surface area contributed by atoms with Crippen molar-refractivity contribution in [2.75, 3.05) is 6.54 Å². The van der Waals surface area contributed by atoms with Gasteiger partial charge in [0.25, 0.3) is 0 Å². The number of nitrogens with one attached hydrogen (secondary N) is 1. The van der Waals surface area contributed by atoms with E-state index in [0.717, 1.165) is 19.3 Å². The maximum absolute atomic E-state index is 11.4. The van der Waals surface area contributed by atoms with Crippen LogP contribution in [0.3, 0.4) is 0 Å². The lowest BCUT2D eigenvalue weighted by molar-refractivity contribution is -0.258. The topological polar surface area (TPSA) is 81.7 Å². The molecule has 0 aromatic carbocycles. The van der Waals surface area contributed by atoms with Crippen molar-refractivity contribution in [1.29, 1.82) is 0 Å². The number of hydrogen-bond donors (Lipinski definition) is 1. The van der Waals surface area contributed by atoms with Gasteiger partial charge in [0.15, 0.2) is 0 Å². The first-order valence-corrected chi connectivity index (χ1v) is 10.8. The van der Waals surface area contributed by atoms with Crippen LogP contribution in [0.15, 0.2) is 0 Å². The monoisotopic (exact) mass is 385 g/mol. The van der Waals surface area contributed by atoms with Crippen molar-refractivity contribution in [2.45, 2.75) is 110 Å². The summed E-state index contributed by atoms with van der Waals surface area (Å²) >= 11 is 0. The van der Waals surface area contributed by atoms with Crippen LogP contribution in [0.1, 0.15) is 110 Å². The Morgan fingerprint density at radius 3 is 1.52 bits per heavy atom. The van der Waals surface area contributed by atoms with E-state index in [9.17, 15) is 14.4 Å². The number of carbonyl (C=O) groups excluding carboxylic acids is 3. The van der Waals surface area contributed by atoms with Gasteiger partial charge in [-0.2, -0.15) is 0 Å². The minimum Gasteiger partial charge on any atom is -0.348 e. The zero-order valence-electron chi connectivity index (χ0n) is 17.1. The van der Waals surface area contributed by atoms with E-state index in [1.165, 1.54) is 77.0 Å². The second kappa shape index (κ2) is 20.7. The van der Waals surface area contributed by atoms with E-state index >= 15 is 0 Å². The molecule has 0 atom stereocenters. The van der Waals surface area contributed by atoms with Gasteiger partial charge in [0, 0.05) is 0 Å². The number of unbranched alkanes of at least 4 members (excludes halogenated alkanes) is 14. The highest BCUT2D eigenvalue weighted by atomic mass is 17.2. The second-order valence-electron chi connectivity index (χ2n) is 7.11. The van der Waals surface area contributed by atoms with Gasteiger partial charge in [-0.1, -0.05) is 96.8 Å². The van der Waals surface area contributed by atoms with Gasteiger partial charge in [-0.15, -0.1) is 0 Å². The molecule has 0 aromatic heterocycles. The Hall–Kier alpha value is -1.59. The lowest BCUT2D eigenvalue weighted by Crippen LogP contribution is -2.24. The van der Waals surface area contributed by atoms with Gasteiger partial charge in [0.05, 0.1) is 6.42 Å². The van der Waals surface area contributed by atoms with Crippen LogP contribution < -0.4 is 5.32 Å². The van der Waals surface area contributed by atoms with E-state index in [1.807, 2.05) is 0 Å². The van der Waals surface area contributed by atoms with Gasteiger partial charge in [0.1, 0.15) is 6.54 Å². The summed E-state index contributed by atoms with van der Waals surface area (Å²) in [7, 11) is 0. The molecule has 1 amide bonds. The van der Waals surface area contributed by atoms with Gasteiger partial charge >= 0.3 is 11.9 Å². The van der Waals surface area contributed by atoms with Crippen LogP contribution >= 0.6 is 0 Å². The van der Waals surface area contributed by atoms with Crippen molar-refractivity contribution in [3.05, 3.63) is 0 Å². The first-order chi connectivity index (χ1) is 13.2. The molecule has 6 nitrogen and oxygen atoms in total. The highest BCUT2D eigenvalue weighted by molar-refractivity contribution is 5.75. The van der Waals surface area contributed by atoms with Gasteiger partial charge in [-0.05, 0) is 6.42 Å². The fourth-order valence-electron chi connectivity index (χ4n) is 2.93. The molecule has 0 aromatic rings. The Labute approximate surface area is 164 Å². The van der Waals surface area contributed by atoms with Gasteiger partial charge < -0.3 is 5.32 Å². The molecule has 0 aliphatic carbocycles. The van der Waals surface area contributed by atoms with Crippen LogP contribution in [-0.4, -0.2) is 24.9 Å². The molecule has 0 unspecified atom stereocenters. The molecule has 0 saturated heterocycles. The van der Waals surface area contributed by atoms with Crippen molar-refractivity contribution >= 4 is 18.3 Å². The lowest BCUT2D eigenvalue weighted by atomic mass is 10.0.